The molecule has 1 saturated heterocycles. The summed E-state index contributed by atoms with van der Waals surface area (Å²) in [6, 6.07) is 9.26. The quantitative estimate of drug-likeness (QED) is 0.777. The van der Waals surface area contributed by atoms with E-state index in [1.54, 1.807) is 7.11 Å². The summed E-state index contributed by atoms with van der Waals surface area (Å²) in [5.41, 5.74) is 2.69. The van der Waals surface area contributed by atoms with E-state index in [1.165, 1.54) is 0 Å². The van der Waals surface area contributed by atoms with Gasteiger partial charge in [0.2, 0.25) is 5.95 Å². The van der Waals surface area contributed by atoms with Crippen molar-refractivity contribution in [2.75, 3.05) is 44.7 Å². The molecule has 0 bridgehead atoms. The molecule has 0 unspecified atom stereocenters. The van der Waals surface area contributed by atoms with E-state index in [0.717, 1.165) is 54.8 Å². The summed E-state index contributed by atoms with van der Waals surface area (Å²) >= 11 is 0. The van der Waals surface area contributed by atoms with Crippen molar-refractivity contribution >= 4 is 11.7 Å². The number of aromatic nitrogens is 2. The number of carbonyl (C=O) groups excluding carboxylic acids is 1. The second-order valence-electron chi connectivity index (χ2n) is 6.37. The fraction of sp³-hybridized carbons (Fsp3) is 0.421. The van der Waals surface area contributed by atoms with Crippen LogP contribution in [0.3, 0.4) is 0 Å². The molecule has 1 fully saturated rings. The molecule has 6 nitrogen and oxygen atoms in total. The number of benzene rings is 1. The topological polar surface area (TPSA) is 58.6 Å². The minimum Gasteiger partial charge on any atom is -0.497 e. The lowest BCUT2D eigenvalue weighted by Gasteiger charge is -2.34. The molecule has 0 aliphatic carbocycles. The highest BCUT2D eigenvalue weighted by Crippen LogP contribution is 2.15. The monoisotopic (exact) mass is 340 g/mol. The van der Waals surface area contributed by atoms with Gasteiger partial charge in [-0.15, -0.1) is 0 Å². The molecular formula is C19H24N4O2. The molecule has 3 rings (SSSR count). The van der Waals surface area contributed by atoms with Gasteiger partial charge in [-0.25, -0.2) is 9.97 Å². The molecule has 1 aromatic heterocycles. The number of hydrogen-bond donors (Lipinski definition) is 0. The predicted octanol–water partition coefficient (Wildman–Crippen LogP) is 2.11. The highest BCUT2D eigenvalue weighted by Gasteiger charge is 2.21. The van der Waals surface area contributed by atoms with Crippen LogP contribution in [0.1, 0.15) is 21.7 Å². The summed E-state index contributed by atoms with van der Waals surface area (Å²) < 4.78 is 5.13. The van der Waals surface area contributed by atoms with Crippen molar-refractivity contribution in [1.29, 1.82) is 0 Å². The summed E-state index contributed by atoms with van der Waals surface area (Å²) in [5.74, 6) is 1.69. The second kappa shape index (κ2) is 7.61. The van der Waals surface area contributed by atoms with E-state index in [9.17, 15) is 4.79 Å². The third-order valence-corrected chi connectivity index (χ3v) is 4.40. The summed E-state index contributed by atoms with van der Waals surface area (Å²) in [6.45, 7) is 7.74. The van der Waals surface area contributed by atoms with Gasteiger partial charge < -0.3 is 9.64 Å². The Kier molecular flexibility index (Phi) is 5.28. The number of hydrogen-bond acceptors (Lipinski definition) is 6. The molecule has 6 heteroatoms. The first-order valence-corrected chi connectivity index (χ1v) is 8.52. The number of aryl methyl sites for hydroxylation is 2. The third-order valence-electron chi connectivity index (χ3n) is 4.40. The van der Waals surface area contributed by atoms with Crippen molar-refractivity contribution in [2.24, 2.45) is 0 Å². The standard InChI is InChI=1S/C19H24N4O2/c1-14-12-15(2)21-19(20-14)23-10-8-22(9-11-23)13-18(24)16-4-6-17(25-3)7-5-16/h4-7,12H,8-11,13H2,1-3H3. The Bertz CT molecular complexity index is 717. The van der Waals surface area contributed by atoms with Crippen molar-refractivity contribution < 1.29 is 9.53 Å². The van der Waals surface area contributed by atoms with Crippen LogP contribution in [-0.4, -0.2) is 60.5 Å². The molecule has 0 spiro atoms. The zero-order chi connectivity index (χ0) is 17.8. The number of piperazine rings is 1. The van der Waals surface area contributed by atoms with Gasteiger partial charge in [-0.2, -0.15) is 0 Å². The van der Waals surface area contributed by atoms with Crippen molar-refractivity contribution in [2.45, 2.75) is 13.8 Å². The largest absolute Gasteiger partial charge is 0.497 e. The lowest BCUT2D eigenvalue weighted by Crippen LogP contribution is -2.48. The van der Waals surface area contributed by atoms with E-state index in [2.05, 4.69) is 19.8 Å². The molecule has 0 atom stereocenters. The minimum absolute atomic E-state index is 0.138. The van der Waals surface area contributed by atoms with E-state index in [4.69, 9.17) is 4.74 Å². The first-order valence-electron chi connectivity index (χ1n) is 8.52. The number of nitrogens with zero attached hydrogens (tertiary/aromatic N) is 4. The van der Waals surface area contributed by atoms with Crippen LogP contribution >= 0.6 is 0 Å². The fourth-order valence-electron chi connectivity index (χ4n) is 3.03. The van der Waals surface area contributed by atoms with Gasteiger partial charge in [-0.1, -0.05) is 0 Å². The zero-order valence-electron chi connectivity index (χ0n) is 15.0. The van der Waals surface area contributed by atoms with E-state index in [0.29, 0.717) is 6.54 Å². The summed E-state index contributed by atoms with van der Waals surface area (Å²) in [6.07, 6.45) is 0. The summed E-state index contributed by atoms with van der Waals surface area (Å²) in [7, 11) is 1.62. The predicted molar refractivity (Wildman–Crippen MR) is 97.5 cm³/mol. The van der Waals surface area contributed by atoms with Crippen LogP contribution < -0.4 is 9.64 Å². The van der Waals surface area contributed by atoms with Gasteiger partial charge in [0.25, 0.3) is 0 Å². The van der Waals surface area contributed by atoms with Gasteiger partial charge in [0.05, 0.1) is 13.7 Å². The molecule has 0 amide bonds. The lowest BCUT2D eigenvalue weighted by molar-refractivity contribution is 0.0926. The maximum atomic E-state index is 12.4. The number of methoxy groups -OCH3 is 1. The second-order valence-corrected chi connectivity index (χ2v) is 6.37. The maximum Gasteiger partial charge on any atom is 0.225 e. The van der Waals surface area contributed by atoms with E-state index < -0.39 is 0 Å². The normalized spacial score (nSPS) is 15.2. The van der Waals surface area contributed by atoms with E-state index in [-0.39, 0.29) is 5.78 Å². The van der Waals surface area contributed by atoms with Gasteiger partial charge in [0.1, 0.15) is 5.75 Å². The first-order chi connectivity index (χ1) is 12.0. The van der Waals surface area contributed by atoms with E-state index >= 15 is 0 Å². The number of ketones is 1. The summed E-state index contributed by atoms with van der Waals surface area (Å²) in [5, 5.41) is 0. The molecule has 1 aromatic carbocycles. The van der Waals surface area contributed by atoms with Crippen LogP contribution in [-0.2, 0) is 0 Å². The molecule has 0 saturated carbocycles. The number of rotatable bonds is 5. The molecule has 25 heavy (non-hydrogen) atoms. The Labute approximate surface area is 148 Å². The van der Waals surface area contributed by atoms with Crippen molar-refractivity contribution in [3.63, 3.8) is 0 Å². The molecule has 0 radical (unpaired) electrons. The van der Waals surface area contributed by atoms with Crippen molar-refractivity contribution in [3.05, 3.63) is 47.3 Å². The minimum atomic E-state index is 0.138. The van der Waals surface area contributed by atoms with Gasteiger partial charge in [0, 0.05) is 43.1 Å². The molecule has 0 N–H and O–H groups in total. The molecule has 2 heterocycles. The van der Waals surface area contributed by atoms with Gasteiger partial charge in [-0.05, 0) is 44.2 Å². The van der Waals surface area contributed by atoms with Crippen LogP contribution in [0.2, 0.25) is 0 Å². The van der Waals surface area contributed by atoms with Crippen LogP contribution in [0, 0.1) is 13.8 Å². The smallest absolute Gasteiger partial charge is 0.225 e. The molecule has 1 aliphatic heterocycles. The molecule has 2 aromatic rings. The molecular weight excluding hydrogens is 316 g/mol. The Hall–Kier alpha value is -2.47. The highest BCUT2D eigenvalue weighted by molar-refractivity contribution is 5.97. The van der Waals surface area contributed by atoms with Crippen LogP contribution in [0.15, 0.2) is 30.3 Å². The Morgan fingerprint density at radius 1 is 1.04 bits per heavy atom. The Morgan fingerprint density at radius 3 is 2.20 bits per heavy atom. The van der Waals surface area contributed by atoms with Crippen molar-refractivity contribution in [3.8, 4) is 5.75 Å². The highest BCUT2D eigenvalue weighted by atomic mass is 16.5. The SMILES string of the molecule is COc1ccc(C(=O)CN2CCN(c3nc(C)cc(C)n3)CC2)cc1. The Morgan fingerprint density at radius 2 is 1.64 bits per heavy atom. The number of carbonyl (C=O) groups is 1. The number of anilines is 1. The van der Waals surface area contributed by atoms with Gasteiger partial charge in [-0.3, -0.25) is 9.69 Å². The van der Waals surface area contributed by atoms with Crippen LogP contribution in [0.4, 0.5) is 5.95 Å². The van der Waals surface area contributed by atoms with Crippen LogP contribution in [0.25, 0.3) is 0 Å². The lowest BCUT2D eigenvalue weighted by atomic mass is 10.1. The van der Waals surface area contributed by atoms with E-state index in [1.807, 2.05) is 44.2 Å². The molecule has 1 aliphatic rings. The number of ether oxygens (including phenoxy) is 1. The number of Topliss-reactive ketones (excluding diaryl/α,β-unsaturated/α-hetero) is 1. The maximum absolute atomic E-state index is 12.4. The Balaban J connectivity index is 1.55. The van der Waals surface area contributed by atoms with Crippen molar-refractivity contribution in [1.82, 2.24) is 14.9 Å². The first kappa shape index (κ1) is 17.4. The van der Waals surface area contributed by atoms with Gasteiger partial charge in [0.15, 0.2) is 5.78 Å². The third kappa shape index (κ3) is 4.33. The van der Waals surface area contributed by atoms with Gasteiger partial charge >= 0.3 is 0 Å². The summed E-state index contributed by atoms with van der Waals surface area (Å²) in [4.78, 5) is 25.9. The fourth-order valence-corrected chi connectivity index (χ4v) is 3.03. The average Bonchev–Trinajstić information content (AvgIpc) is 2.61. The average molecular weight is 340 g/mol. The van der Waals surface area contributed by atoms with Crippen LogP contribution in [0.5, 0.6) is 5.75 Å². The molecule has 132 valence electrons. The zero-order valence-corrected chi connectivity index (χ0v) is 15.0.